The molecule has 0 radical (unpaired) electrons. The molecule has 0 saturated heterocycles. The molecule has 0 heterocycles. The number of thiol groups is 1. The van der Waals surface area contributed by atoms with Crippen molar-refractivity contribution in [3.05, 3.63) is 0 Å². The summed E-state index contributed by atoms with van der Waals surface area (Å²) in [4.78, 5) is 9.57. The summed E-state index contributed by atoms with van der Waals surface area (Å²) < 4.78 is 44.5. The molecule has 0 aliphatic heterocycles. The molecule has 0 aliphatic rings. The van der Waals surface area contributed by atoms with Crippen molar-refractivity contribution in [3.8, 4) is 0 Å². The Morgan fingerprint density at radius 2 is 1.89 bits per heavy atom. The van der Waals surface area contributed by atoms with Crippen LogP contribution in [0, 0.1) is 0 Å². The van der Waals surface area contributed by atoms with Crippen LogP contribution in [0.1, 0.15) is 0 Å². The van der Waals surface area contributed by atoms with Crippen LogP contribution >= 0.6 is 0 Å². The lowest BCUT2D eigenvalue weighted by Gasteiger charge is -1.98. The molecule has 0 N–H and O–H groups in total. The average molecular weight is 160 g/mol. The lowest BCUT2D eigenvalue weighted by molar-refractivity contribution is -0.169. The first-order chi connectivity index (χ1) is 3.98. The lowest BCUT2D eigenvalue weighted by atomic mass is 10.6. The van der Waals surface area contributed by atoms with Gasteiger partial charge in [-0.2, -0.15) is 24.6 Å². The fraction of sp³-hybridized carbons (Fsp3) is 0.500. The number of amides is 1. The van der Waals surface area contributed by atoms with Crippen molar-refractivity contribution < 1.29 is 22.2 Å². The molecular formula is C2HF3NO2S-. The smallest absolute Gasteiger partial charge is 0.447 e. The van der Waals surface area contributed by atoms with Gasteiger partial charge in [0.25, 0.3) is 0 Å². The van der Waals surface area contributed by atoms with E-state index < -0.39 is 23.5 Å². The molecule has 54 valence electrons. The summed E-state index contributed by atoms with van der Waals surface area (Å²) in [5.74, 6) is -2.33. The number of hydrogen-bond acceptors (Lipinski definition) is 3. The van der Waals surface area contributed by atoms with Crippen LogP contribution in [0.25, 0.3) is 0 Å². The molecule has 0 aromatic rings. The minimum atomic E-state index is -5.00. The molecule has 0 atom stereocenters. The van der Waals surface area contributed by atoms with Gasteiger partial charge in [-0.15, -0.1) is 0 Å². The van der Waals surface area contributed by atoms with E-state index >= 15 is 0 Å². The minimum absolute atomic E-state index is 1.17. The fourth-order valence-electron chi connectivity index (χ4n) is 0.0938. The lowest BCUT2D eigenvalue weighted by Crippen LogP contribution is -2.19. The molecule has 0 aliphatic carbocycles. The molecule has 0 saturated carbocycles. The number of alkyl halides is 3. The van der Waals surface area contributed by atoms with Gasteiger partial charge in [0.15, 0.2) is 0 Å². The van der Waals surface area contributed by atoms with Gasteiger partial charge in [0.2, 0.25) is 0 Å². The predicted molar refractivity (Wildman–Crippen MR) is 22.9 cm³/mol. The van der Waals surface area contributed by atoms with Crippen molar-refractivity contribution in [2.45, 2.75) is 6.18 Å². The summed E-state index contributed by atoms with van der Waals surface area (Å²) in [7, 11) is 0. The second-order valence-corrected chi connectivity index (χ2v) is 1.35. The molecule has 0 unspecified atom stereocenters. The van der Waals surface area contributed by atoms with Gasteiger partial charge in [0.1, 0.15) is 0 Å². The Morgan fingerprint density at radius 1 is 1.44 bits per heavy atom. The molecule has 9 heavy (non-hydrogen) atoms. The number of nitrogens with zero attached hydrogens (tertiary/aromatic N) is 1. The van der Waals surface area contributed by atoms with Crippen molar-refractivity contribution in [1.82, 2.24) is 0 Å². The first-order valence-electron chi connectivity index (χ1n) is 1.63. The SMILES string of the molecule is O=[SH-]=NC(=O)C(F)(F)F. The van der Waals surface area contributed by atoms with Crippen LogP contribution in [-0.2, 0) is 20.5 Å². The molecule has 0 rings (SSSR count). The molecule has 0 aromatic heterocycles. The van der Waals surface area contributed by atoms with E-state index in [4.69, 9.17) is 0 Å². The highest BCUT2D eigenvalue weighted by atomic mass is 32.1. The Kier molecular flexibility index (Phi) is 2.63. The van der Waals surface area contributed by atoms with Crippen molar-refractivity contribution in [2.24, 2.45) is 4.36 Å². The van der Waals surface area contributed by atoms with Crippen LogP contribution in [0.15, 0.2) is 4.36 Å². The summed E-state index contributed by atoms with van der Waals surface area (Å²) in [6, 6.07) is 0. The number of hydrogen-bond donors (Lipinski definition) is 0. The second-order valence-electron chi connectivity index (χ2n) is 0.985. The van der Waals surface area contributed by atoms with Crippen molar-refractivity contribution >= 4 is 17.4 Å². The van der Waals surface area contributed by atoms with Gasteiger partial charge in [-0.25, -0.2) is 0 Å². The largest absolute Gasteiger partial charge is 0.471 e. The molecule has 0 aromatic carbocycles. The van der Waals surface area contributed by atoms with E-state index in [1.807, 2.05) is 4.36 Å². The van der Waals surface area contributed by atoms with Crippen molar-refractivity contribution in [3.63, 3.8) is 0 Å². The quantitative estimate of drug-likeness (QED) is 0.380. The maximum atomic E-state index is 11.0. The summed E-state index contributed by atoms with van der Waals surface area (Å²) in [5, 5.41) is 0. The van der Waals surface area contributed by atoms with E-state index in [0.717, 1.165) is 0 Å². The zero-order chi connectivity index (χ0) is 7.49. The second kappa shape index (κ2) is 2.81. The summed E-state index contributed by atoms with van der Waals surface area (Å²) in [6.07, 6.45) is -5.00. The highest BCUT2D eigenvalue weighted by Gasteiger charge is 2.36. The first kappa shape index (κ1) is 8.41. The number of carbonyl (C=O) groups is 1. The molecular weight excluding hydrogens is 159 g/mol. The topological polar surface area (TPSA) is 46.5 Å². The zero-order valence-corrected chi connectivity index (χ0v) is 4.74. The molecule has 3 nitrogen and oxygen atoms in total. The van der Waals surface area contributed by atoms with Crippen LogP contribution in [0.5, 0.6) is 0 Å². The molecule has 1 amide bonds. The van der Waals surface area contributed by atoms with Gasteiger partial charge in [0, 0.05) is 0 Å². The Hall–Kier alpha value is -0.590. The van der Waals surface area contributed by atoms with E-state index in [1.165, 1.54) is 0 Å². The van der Waals surface area contributed by atoms with Crippen molar-refractivity contribution in [1.29, 1.82) is 0 Å². The molecule has 0 spiro atoms. The van der Waals surface area contributed by atoms with Crippen LogP contribution in [0.2, 0.25) is 0 Å². The minimum Gasteiger partial charge on any atom is -0.447 e. The van der Waals surface area contributed by atoms with Crippen LogP contribution in [-0.4, -0.2) is 12.1 Å². The average Bonchev–Trinajstić information content (AvgIpc) is 1.64. The maximum absolute atomic E-state index is 11.0. The van der Waals surface area contributed by atoms with Gasteiger partial charge >= 0.3 is 12.1 Å². The van der Waals surface area contributed by atoms with E-state index in [2.05, 4.69) is 0 Å². The normalized spacial score (nSPS) is 11.0. The fourth-order valence-corrected chi connectivity index (χ4v) is 0.281. The Balaban J connectivity index is 4.22. The first-order valence-corrected chi connectivity index (χ1v) is 2.39. The van der Waals surface area contributed by atoms with Gasteiger partial charge in [-0.05, 0) is 0 Å². The van der Waals surface area contributed by atoms with Gasteiger partial charge in [-0.3, -0.25) is 4.79 Å². The highest BCUT2D eigenvalue weighted by molar-refractivity contribution is 7.55. The van der Waals surface area contributed by atoms with Gasteiger partial charge in [-0.1, -0.05) is 0 Å². The zero-order valence-electron chi connectivity index (χ0n) is 3.84. The third-order valence-corrected chi connectivity index (χ3v) is 0.637. The van der Waals surface area contributed by atoms with E-state index in [0.29, 0.717) is 0 Å². The highest BCUT2D eigenvalue weighted by Crippen LogP contribution is 2.15. The van der Waals surface area contributed by atoms with Crippen LogP contribution < -0.4 is 0 Å². The standard InChI is InChI=1S/C2HF3NO2S/c3-2(4,5)1(7)6-9-8/h9H/q-1. The van der Waals surface area contributed by atoms with E-state index in [-0.39, 0.29) is 0 Å². The van der Waals surface area contributed by atoms with E-state index in [9.17, 15) is 22.2 Å². The third-order valence-electron chi connectivity index (χ3n) is 0.374. The summed E-state index contributed by atoms with van der Waals surface area (Å²) in [6.45, 7) is 0. The summed E-state index contributed by atoms with van der Waals surface area (Å²) >= 11 is -1.17. The maximum Gasteiger partial charge on any atom is 0.471 e. The van der Waals surface area contributed by atoms with Gasteiger partial charge in [0.05, 0.1) is 0 Å². The Bertz CT molecular complexity index is 169. The van der Waals surface area contributed by atoms with Crippen LogP contribution in [0.3, 0.4) is 0 Å². The van der Waals surface area contributed by atoms with E-state index in [1.54, 1.807) is 0 Å². The Morgan fingerprint density at radius 3 is 2.00 bits per heavy atom. The van der Waals surface area contributed by atoms with Gasteiger partial charge < -0.3 is 8.57 Å². The Labute approximate surface area is 51.1 Å². The summed E-state index contributed by atoms with van der Waals surface area (Å²) in [5.41, 5.74) is 0. The number of carbonyl (C=O) groups excluding carboxylic acids is 1. The molecule has 7 heteroatoms. The predicted octanol–water partition coefficient (Wildman–Crippen LogP) is 0.419. The molecule has 0 fully saturated rings. The van der Waals surface area contributed by atoms with Crippen LogP contribution in [0.4, 0.5) is 13.2 Å². The number of rotatable bonds is 0. The number of halogens is 3. The third kappa shape index (κ3) is 3.07. The molecule has 0 bridgehead atoms. The van der Waals surface area contributed by atoms with Crippen molar-refractivity contribution in [2.75, 3.05) is 0 Å². The monoisotopic (exact) mass is 160 g/mol.